The van der Waals surface area contributed by atoms with Crippen molar-refractivity contribution >= 4 is 28.7 Å². The molecule has 2 amide bonds. The molecule has 0 aliphatic carbocycles. The van der Waals surface area contributed by atoms with Crippen LogP contribution in [-0.2, 0) is 11.3 Å². The maximum Gasteiger partial charge on any atom is 0.405 e. The number of aromatic amines is 1. The predicted molar refractivity (Wildman–Crippen MR) is 129 cm³/mol. The Bertz CT molecular complexity index is 1410. The predicted octanol–water partition coefficient (Wildman–Crippen LogP) is 3.17. The topological polar surface area (TPSA) is 129 Å². The molecule has 0 aliphatic rings. The lowest BCUT2D eigenvalue weighted by molar-refractivity contribution is -0.138. The normalized spacial score (nSPS) is 12.2. The van der Waals surface area contributed by atoms with Crippen molar-refractivity contribution in [3.63, 3.8) is 0 Å². The Morgan fingerprint density at radius 3 is 2.65 bits per heavy atom. The maximum atomic E-state index is 13.3. The molecule has 0 saturated carbocycles. The van der Waals surface area contributed by atoms with E-state index in [1.165, 1.54) is 24.2 Å². The highest BCUT2D eigenvalue weighted by Crippen LogP contribution is 2.26. The molecular formula is C24H23F3N8O2. The number of carbonyl (C=O) groups is 2. The number of hydrogen-bond donors (Lipinski definition) is 3. The number of H-pyrrole nitrogens is 1. The fraction of sp³-hybridized carbons (Fsp3) is 0.250. The molecule has 0 bridgehead atoms. The lowest BCUT2D eigenvalue weighted by atomic mass is 10.2. The van der Waals surface area contributed by atoms with Gasteiger partial charge in [0.1, 0.15) is 36.1 Å². The Hall–Kier alpha value is -4.55. The lowest BCUT2D eigenvalue weighted by Crippen LogP contribution is -2.42. The summed E-state index contributed by atoms with van der Waals surface area (Å²) < 4.78 is 37.5. The molecule has 3 heterocycles. The van der Waals surface area contributed by atoms with Gasteiger partial charge in [-0.15, -0.1) is 0 Å². The molecule has 10 nitrogen and oxygen atoms in total. The molecule has 0 fully saturated rings. The second-order valence-electron chi connectivity index (χ2n) is 8.30. The molecule has 4 rings (SSSR count). The Morgan fingerprint density at radius 1 is 1.16 bits per heavy atom. The first-order valence-corrected chi connectivity index (χ1v) is 11.2. The first-order valence-electron chi connectivity index (χ1n) is 11.2. The number of aromatic nitrogens is 5. The third kappa shape index (κ3) is 6.37. The molecule has 0 spiro atoms. The lowest BCUT2D eigenvalue weighted by Gasteiger charge is -2.19. The van der Waals surface area contributed by atoms with Gasteiger partial charge in [-0.05, 0) is 12.5 Å². The van der Waals surface area contributed by atoms with E-state index in [1.807, 2.05) is 35.6 Å². The molecule has 13 heteroatoms. The molecule has 0 unspecified atom stereocenters. The van der Waals surface area contributed by atoms with Crippen LogP contribution in [0.2, 0.25) is 0 Å². The number of rotatable bonds is 8. The van der Waals surface area contributed by atoms with Crippen LogP contribution in [0.15, 0.2) is 55.1 Å². The number of halogens is 3. The molecular weight excluding hydrogens is 489 g/mol. The molecule has 0 radical (unpaired) electrons. The van der Waals surface area contributed by atoms with Crippen LogP contribution in [0, 0.1) is 0 Å². The number of carbonyl (C=O) groups excluding carboxylic acids is 2. The van der Waals surface area contributed by atoms with Crippen molar-refractivity contribution in [1.29, 1.82) is 0 Å². The summed E-state index contributed by atoms with van der Waals surface area (Å²) >= 11 is 0. The van der Waals surface area contributed by atoms with Crippen molar-refractivity contribution < 1.29 is 22.8 Å². The summed E-state index contributed by atoms with van der Waals surface area (Å²) in [5, 5.41) is 5.20. The number of hydrogen-bond acceptors (Lipinski definition) is 7. The van der Waals surface area contributed by atoms with Gasteiger partial charge in [0.05, 0.1) is 0 Å². The van der Waals surface area contributed by atoms with Gasteiger partial charge < -0.3 is 20.5 Å². The number of nitrogens with one attached hydrogen (secondary N) is 3. The molecule has 37 heavy (non-hydrogen) atoms. The van der Waals surface area contributed by atoms with E-state index in [0.717, 1.165) is 5.56 Å². The van der Waals surface area contributed by atoms with Crippen LogP contribution < -0.4 is 10.6 Å². The Morgan fingerprint density at radius 2 is 1.92 bits per heavy atom. The highest BCUT2D eigenvalue weighted by Gasteiger charge is 2.29. The van der Waals surface area contributed by atoms with Crippen LogP contribution in [0.3, 0.4) is 0 Å². The fourth-order valence-corrected chi connectivity index (χ4v) is 3.55. The highest BCUT2D eigenvalue weighted by atomic mass is 19.4. The van der Waals surface area contributed by atoms with Gasteiger partial charge in [-0.25, -0.2) is 19.9 Å². The van der Waals surface area contributed by atoms with Gasteiger partial charge in [0, 0.05) is 43.0 Å². The van der Waals surface area contributed by atoms with Gasteiger partial charge in [0.15, 0.2) is 5.82 Å². The fourth-order valence-electron chi connectivity index (χ4n) is 3.55. The van der Waals surface area contributed by atoms with Crippen molar-refractivity contribution in [3.8, 4) is 11.4 Å². The van der Waals surface area contributed by atoms with Gasteiger partial charge in [0.2, 0.25) is 5.91 Å². The van der Waals surface area contributed by atoms with E-state index in [4.69, 9.17) is 0 Å². The minimum Gasteiger partial charge on any atom is -0.358 e. The zero-order chi connectivity index (χ0) is 26.6. The molecule has 0 saturated heterocycles. The number of fused-ring (bicyclic) bond motifs is 1. The summed E-state index contributed by atoms with van der Waals surface area (Å²) in [5.74, 6) is -1.07. The van der Waals surface area contributed by atoms with Crippen LogP contribution in [0.25, 0.3) is 22.4 Å². The summed E-state index contributed by atoms with van der Waals surface area (Å²) in [6.45, 7) is 0.241. The highest BCUT2D eigenvalue weighted by molar-refractivity contribution is 5.95. The Labute approximate surface area is 209 Å². The monoisotopic (exact) mass is 512 g/mol. The SMILES string of the molecule is C[C@H](Nc1cc(C(=O)N(C)Cc2ccccc2)nc(-c2c[nH]c3ncncc23)n1)C(=O)NCC(F)(F)F. The van der Waals surface area contributed by atoms with Crippen LogP contribution in [-0.4, -0.2) is 67.4 Å². The molecule has 3 aromatic heterocycles. The van der Waals surface area contributed by atoms with Crippen molar-refractivity contribution in [2.24, 2.45) is 0 Å². The van der Waals surface area contributed by atoms with Crippen LogP contribution in [0.4, 0.5) is 19.0 Å². The molecule has 0 aliphatic heterocycles. The number of amides is 2. The Balaban J connectivity index is 1.65. The molecule has 4 aromatic rings. The van der Waals surface area contributed by atoms with Gasteiger partial charge in [0.25, 0.3) is 5.91 Å². The van der Waals surface area contributed by atoms with E-state index in [0.29, 0.717) is 23.1 Å². The summed E-state index contributed by atoms with van der Waals surface area (Å²) in [5.41, 5.74) is 1.98. The molecule has 192 valence electrons. The zero-order valence-electron chi connectivity index (χ0n) is 19.9. The summed E-state index contributed by atoms with van der Waals surface area (Å²) in [4.78, 5) is 47.0. The van der Waals surface area contributed by atoms with Gasteiger partial charge in [-0.2, -0.15) is 13.2 Å². The van der Waals surface area contributed by atoms with E-state index >= 15 is 0 Å². The number of nitrogens with zero attached hydrogens (tertiary/aromatic N) is 5. The largest absolute Gasteiger partial charge is 0.405 e. The summed E-state index contributed by atoms with van der Waals surface area (Å²) in [7, 11) is 1.62. The first kappa shape index (κ1) is 25.5. The van der Waals surface area contributed by atoms with Crippen molar-refractivity contribution in [1.82, 2.24) is 35.1 Å². The first-order chi connectivity index (χ1) is 17.6. The van der Waals surface area contributed by atoms with Gasteiger partial charge in [-0.1, -0.05) is 30.3 Å². The second kappa shape index (κ2) is 10.6. The average Bonchev–Trinajstić information content (AvgIpc) is 3.31. The van der Waals surface area contributed by atoms with E-state index in [-0.39, 0.29) is 17.3 Å². The van der Waals surface area contributed by atoms with Crippen molar-refractivity contribution in [2.45, 2.75) is 25.7 Å². The van der Waals surface area contributed by atoms with Crippen molar-refractivity contribution in [3.05, 3.63) is 66.4 Å². The molecule has 1 atom stereocenters. The number of alkyl halides is 3. The van der Waals surface area contributed by atoms with E-state index < -0.39 is 30.6 Å². The van der Waals surface area contributed by atoms with Crippen LogP contribution in [0.5, 0.6) is 0 Å². The third-order valence-electron chi connectivity index (χ3n) is 5.37. The smallest absolute Gasteiger partial charge is 0.358 e. The average molecular weight is 512 g/mol. The second-order valence-corrected chi connectivity index (χ2v) is 8.30. The van der Waals surface area contributed by atoms with Crippen molar-refractivity contribution in [2.75, 3.05) is 18.9 Å². The van der Waals surface area contributed by atoms with Gasteiger partial charge in [-0.3, -0.25) is 9.59 Å². The molecule has 1 aromatic carbocycles. The standard InChI is InChI=1S/C24H23F3N8O2/c1-14(22(36)30-12-24(25,26)27)32-19-8-18(23(37)35(2)11-15-6-4-3-5-7-15)33-21(34-19)17-10-29-20-16(17)9-28-13-31-20/h3-10,13-14H,11-12H2,1-2H3,(H,30,36)(H,28,29,31)(H,32,33,34)/t14-/m0/s1. The third-order valence-corrected chi connectivity index (χ3v) is 5.37. The van der Waals surface area contributed by atoms with Gasteiger partial charge >= 0.3 is 6.18 Å². The minimum absolute atomic E-state index is 0.0278. The van der Waals surface area contributed by atoms with E-state index in [9.17, 15) is 22.8 Å². The maximum absolute atomic E-state index is 13.3. The van der Waals surface area contributed by atoms with Crippen LogP contribution >= 0.6 is 0 Å². The minimum atomic E-state index is -4.54. The zero-order valence-corrected chi connectivity index (χ0v) is 19.9. The molecule has 3 N–H and O–H groups in total. The number of benzene rings is 1. The van der Waals surface area contributed by atoms with E-state index in [2.05, 4.69) is 30.2 Å². The summed E-state index contributed by atoms with van der Waals surface area (Å²) in [6.07, 6.45) is 0.00170. The Kier molecular flexibility index (Phi) is 7.32. The quantitative estimate of drug-likeness (QED) is 0.331. The summed E-state index contributed by atoms with van der Waals surface area (Å²) in [6, 6.07) is 9.64. The number of anilines is 1. The van der Waals surface area contributed by atoms with E-state index in [1.54, 1.807) is 19.4 Å². The van der Waals surface area contributed by atoms with Crippen LogP contribution in [0.1, 0.15) is 23.0 Å².